The van der Waals surface area contributed by atoms with Crippen LogP contribution >= 0.6 is 12.2 Å². The summed E-state index contributed by atoms with van der Waals surface area (Å²) in [5.41, 5.74) is 3.19. The van der Waals surface area contributed by atoms with Crippen molar-refractivity contribution >= 4 is 23.0 Å². The Balaban J connectivity index is 2.06. The van der Waals surface area contributed by atoms with Crippen LogP contribution in [0.3, 0.4) is 0 Å². The quantitative estimate of drug-likeness (QED) is 0.632. The number of anilines is 1. The predicted octanol–water partition coefficient (Wildman–Crippen LogP) is 3.26. The Morgan fingerprint density at radius 1 is 1.00 bits per heavy atom. The van der Waals surface area contributed by atoms with Crippen molar-refractivity contribution in [1.29, 1.82) is 0 Å². The van der Waals surface area contributed by atoms with Crippen molar-refractivity contribution in [2.45, 2.75) is 6.29 Å². The summed E-state index contributed by atoms with van der Waals surface area (Å²) in [6.45, 7) is 0.479. The van der Waals surface area contributed by atoms with Crippen LogP contribution in [0.4, 0.5) is 5.69 Å². The minimum absolute atomic E-state index is 0.330. The summed E-state index contributed by atoms with van der Waals surface area (Å²) in [7, 11) is 3.19. The lowest BCUT2D eigenvalue weighted by Gasteiger charge is -2.17. The van der Waals surface area contributed by atoms with E-state index in [4.69, 9.17) is 21.7 Å². The second kappa shape index (κ2) is 8.48. The first-order chi connectivity index (χ1) is 10.7. The third-order valence-electron chi connectivity index (χ3n) is 3.22. The molecule has 0 radical (unpaired) electrons. The van der Waals surface area contributed by atoms with Gasteiger partial charge in [0, 0.05) is 25.5 Å². The fourth-order valence-corrected chi connectivity index (χ4v) is 2.26. The van der Waals surface area contributed by atoms with E-state index >= 15 is 0 Å². The molecular formula is C17H20N2O2S. The van der Waals surface area contributed by atoms with Gasteiger partial charge in [-0.3, -0.25) is 0 Å². The Kier molecular flexibility index (Phi) is 6.33. The number of thiocarbonyl (C=S) groups is 1. The number of nitrogens with one attached hydrogen (secondary N) is 2. The zero-order valence-electron chi connectivity index (χ0n) is 12.7. The largest absolute Gasteiger partial charge is 0.357 e. The predicted molar refractivity (Wildman–Crippen MR) is 93.9 cm³/mol. The Morgan fingerprint density at radius 3 is 2.32 bits per heavy atom. The van der Waals surface area contributed by atoms with E-state index in [1.54, 1.807) is 14.2 Å². The van der Waals surface area contributed by atoms with Gasteiger partial charge >= 0.3 is 0 Å². The van der Waals surface area contributed by atoms with Gasteiger partial charge in [-0.1, -0.05) is 48.5 Å². The van der Waals surface area contributed by atoms with Gasteiger partial charge in [0.2, 0.25) is 0 Å². The monoisotopic (exact) mass is 316 g/mol. The van der Waals surface area contributed by atoms with Crippen molar-refractivity contribution in [3.63, 3.8) is 0 Å². The third kappa shape index (κ3) is 4.53. The molecule has 0 amide bonds. The number of methoxy groups -OCH3 is 2. The van der Waals surface area contributed by atoms with Crippen LogP contribution in [0.1, 0.15) is 0 Å². The lowest BCUT2D eigenvalue weighted by Crippen LogP contribution is -2.36. The summed E-state index contributed by atoms with van der Waals surface area (Å²) < 4.78 is 10.2. The first-order valence-electron chi connectivity index (χ1n) is 6.99. The molecule has 22 heavy (non-hydrogen) atoms. The highest BCUT2D eigenvalue weighted by molar-refractivity contribution is 7.80. The first kappa shape index (κ1) is 16.4. The first-order valence-corrected chi connectivity index (χ1v) is 7.40. The minimum atomic E-state index is -0.330. The van der Waals surface area contributed by atoms with E-state index in [0.29, 0.717) is 11.7 Å². The maximum absolute atomic E-state index is 5.33. The minimum Gasteiger partial charge on any atom is -0.357 e. The van der Waals surface area contributed by atoms with Crippen LogP contribution in [0.2, 0.25) is 0 Å². The van der Waals surface area contributed by atoms with Crippen LogP contribution in [0.5, 0.6) is 0 Å². The number of rotatable bonds is 6. The van der Waals surface area contributed by atoms with E-state index in [-0.39, 0.29) is 6.29 Å². The summed E-state index contributed by atoms with van der Waals surface area (Å²) in [4.78, 5) is 0. The molecule has 0 aromatic heterocycles. The van der Waals surface area contributed by atoms with E-state index in [2.05, 4.69) is 28.8 Å². The van der Waals surface area contributed by atoms with Crippen LogP contribution in [0.15, 0.2) is 54.6 Å². The molecule has 116 valence electrons. The van der Waals surface area contributed by atoms with Gasteiger partial charge in [-0.25, -0.2) is 0 Å². The van der Waals surface area contributed by atoms with E-state index in [1.165, 1.54) is 0 Å². The third-order valence-corrected chi connectivity index (χ3v) is 3.46. The molecule has 0 saturated carbocycles. The zero-order valence-corrected chi connectivity index (χ0v) is 13.5. The smallest absolute Gasteiger partial charge is 0.174 e. The summed E-state index contributed by atoms with van der Waals surface area (Å²) in [5, 5.41) is 6.83. The number of para-hydroxylation sites is 1. The van der Waals surface area contributed by atoms with E-state index in [1.807, 2.05) is 36.4 Å². The average Bonchev–Trinajstić information content (AvgIpc) is 2.57. The summed E-state index contributed by atoms with van der Waals surface area (Å²) in [6, 6.07) is 18.2. The summed E-state index contributed by atoms with van der Waals surface area (Å²) in [6.07, 6.45) is -0.330. The highest BCUT2D eigenvalue weighted by Gasteiger charge is 2.08. The molecule has 0 aliphatic heterocycles. The molecule has 0 fully saturated rings. The summed E-state index contributed by atoms with van der Waals surface area (Å²) in [5.74, 6) is 0. The van der Waals surface area contributed by atoms with E-state index < -0.39 is 0 Å². The van der Waals surface area contributed by atoms with Gasteiger partial charge in [0.1, 0.15) is 0 Å². The fourth-order valence-electron chi connectivity index (χ4n) is 2.07. The van der Waals surface area contributed by atoms with Crippen molar-refractivity contribution in [2.75, 3.05) is 26.1 Å². The SMILES string of the molecule is COC(CNC(=S)Nc1ccccc1-c1ccccc1)OC. The normalized spacial score (nSPS) is 10.5. The molecular weight excluding hydrogens is 296 g/mol. The number of hydrogen-bond donors (Lipinski definition) is 2. The molecule has 0 spiro atoms. The van der Waals surface area contributed by atoms with Crippen molar-refractivity contribution in [3.05, 3.63) is 54.6 Å². The molecule has 2 aromatic rings. The lowest BCUT2D eigenvalue weighted by molar-refractivity contribution is -0.0964. The van der Waals surface area contributed by atoms with Crippen LogP contribution in [0.25, 0.3) is 11.1 Å². The Hall–Kier alpha value is -1.95. The van der Waals surface area contributed by atoms with Crippen LogP contribution in [-0.2, 0) is 9.47 Å². The van der Waals surface area contributed by atoms with Crippen LogP contribution in [-0.4, -0.2) is 32.2 Å². The molecule has 5 heteroatoms. The van der Waals surface area contributed by atoms with Crippen LogP contribution in [0, 0.1) is 0 Å². The molecule has 0 saturated heterocycles. The fraction of sp³-hybridized carbons (Fsp3) is 0.235. The van der Waals surface area contributed by atoms with Gasteiger partial charge in [-0.05, 0) is 23.8 Å². The zero-order chi connectivity index (χ0) is 15.8. The Bertz CT molecular complexity index is 601. The molecule has 0 atom stereocenters. The van der Waals surface area contributed by atoms with Crippen molar-refractivity contribution in [1.82, 2.24) is 5.32 Å². The van der Waals surface area contributed by atoms with Gasteiger partial charge in [-0.15, -0.1) is 0 Å². The highest BCUT2D eigenvalue weighted by Crippen LogP contribution is 2.27. The van der Waals surface area contributed by atoms with Crippen molar-refractivity contribution in [3.8, 4) is 11.1 Å². The topological polar surface area (TPSA) is 42.5 Å². The molecule has 0 aliphatic rings. The van der Waals surface area contributed by atoms with Gasteiger partial charge in [0.05, 0.1) is 6.54 Å². The van der Waals surface area contributed by atoms with Gasteiger partial charge < -0.3 is 20.1 Å². The van der Waals surface area contributed by atoms with Gasteiger partial charge in [-0.2, -0.15) is 0 Å². The highest BCUT2D eigenvalue weighted by atomic mass is 32.1. The number of benzene rings is 2. The molecule has 2 N–H and O–H groups in total. The second-order valence-corrected chi connectivity index (χ2v) is 5.06. The Labute approximate surface area is 136 Å². The van der Waals surface area contributed by atoms with E-state index in [9.17, 15) is 0 Å². The van der Waals surface area contributed by atoms with Crippen LogP contribution < -0.4 is 10.6 Å². The standard InChI is InChI=1S/C17H20N2O2S/c1-20-16(21-2)12-18-17(22)19-15-11-7-6-10-14(15)13-8-4-3-5-9-13/h3-11,16H,12H2,1-2H3,(H2,18,19,22). The molecule has 2 aromatic carbocycles. The molecule has 0 heterocycles. The van der Waals surface area contributed by atoms with Crippen molar-refractivity contribution < 1.29 is 9.47 Å². The summed E-state index contributed by atoms with van der Waals surface area (Å²) >= 11 is 5.33. The Morgan fingerprint density at radius 2 is 1.64 bits per heavy atom. The molecule has 0 unspecified atom stereocenters. The van der Waals surface area contributed by atoms with E-state index in [0.717, 1.165) is 16.8 Å². The number of hydrogen-bond acceptors (Lipinski definition) is 3. The lowest BCUT2D eigenvalue weighted by atomic mass is 10.0. The molecule has 0 bridgehead atoms. The van der Waals surface area contributed by atoms with Crippen molar-refractivity contribution in [2.24, 2.45) is 0 Å². The maximum atomic E-state index is 5.33. The average molecular weight is 316 g/mol. The number of ether oxygens (including phenoxy) is 2. The van der Waals surface area contributed by atoms with Gasteiger partial charge in [0.15, 0.2) is 11.4 Å². The molecule has 0 aliphatic carbocycles. The molecule has 2 rings (SSSR count). The van der Waals surface area contributed by atoms with Gasteiger partial charge in [0.25, 0.3) is 0 Å². The molecule has 4 nitrogen and oxygen atoms in total. The second-order valence-electron chi connectivity index (χ2n) is 4.65. The maximum Gasteiger partial charge on any atom is 0.174 e.